The van der Waals surface area contributed by atoms with Crippen LogP contribution in [0, 0.1) is 19.8 Å². The third kappa shape index (κ3) is 8.23. The van der Waals surface area contributed by atoms with Gasteiger partial charge in [0.15, 0.2) is 6.61 Å². The van der Waals surface area contributed by atoms with Crippen molar-refractivity contribution in [2.75, 3.05) is 13.2 Å². The number of benzene rings is 3. The van der Waals surface area contributed by atoms with Crippen LogP contribution in [-0.4, -0.2) is 35.9 Å². The number of ether oxygens (including phenoxy) is 1. The lowest BCUT2D eigenvalue weighted by molar-refractivity contribution is -0.142. The average Bonchev–Trinajstić information content (AvgIpc) is 2.85. The molecule has 0 saturated carbocycles. The first-order chi connectivity index (χ1) is 17.2. The van der Waals surface area contributed by atoms with Crippen LogP contribution in [0.25, 0.3) is 0 Å². The zero-order valence-electron chi connectivity index (χ0n) is 21.5. The molecule has 0 aromatic heterocycles. The molecule has 36 heavy (non-hydrogen) atoms. The van der Waals surface area contributed by atoms with E-state index in [4.69, 9.17) is 4.74 Å². The quantitative estimate of drug-likeness (QED) is 0.325. The Morgan fingerprint density at radius 3 is 2.36 bits per heavy atom. The van der Waals surface area contributed by atoms with Gasteiger partial charge < -0.3 is 15.0 Å². The van der Waals surface area contributed by atoms with Gasteiger partial charge in [-0.2, -0.15) is 0 Å². The molecule has 190 valence electrons. The van der Waals surface area contributed by atoms with E-state index in [9.17, 15) is 9.59 Å². The molecule has 1 atom stereocenters. The highest BCUT2D eigenvalue weighted by atomic mass is 79.9. The SMILES string of the molecule is Cc1ccc(C)c(OCC(=O)N(Cc2cccc(Br)c2)[C@H](Cc2ccccc2)C(=O)NCC(C)C)c1. The molecule has 0 aliphatic rings. The fourth-order valence-electron chi connectivity index (χ4n) is 3.89. The van der Waals surface area contributed by atoms with Gasteiger partial charge in [0, 0.05) is 24.0 Å². The number of amides is 2. The van der Waals surface area contributed by atoms with Gasteiger partial charge in [-0.15, -0.1) is 0 Å². The number of hydrogen-bond donors (Lipinski definition) is 1. The van der Waals surface area contributed by atoms with Crippen molar-refractivity contribution in [2.24, 2.45) is 5.92 Å². The minimum absolute atomic E-state index is 0.152. The zero-order valence-corrected chi connectivity index (χ0v) is 23.0. The smallest absolute Gasteiger partial charge is 0.261 e. The van der Waals surface area contributed by atoms with Crippen molar-refractivity contribution in [1.82, 2.24) is 10.2 Å². The van der Waals surface area contributed by atoms with Crippen molar-refractivity contribution in [2.45, 2.75) is 46.7 Å². The van der Waals surface area contributed by atoms with Gasteiger partial charge in [-0.05, 0) is 60.2 Å². The number of nitrogens with one attached hydrogen (secondary N) is 1. The number of hydrogen-bond acceptors (Lipinski definition) is 3. The highest BCUT2D eigenvalue weighted by Gasteiger charge is 2.31. The largest absolute Gasteiger partial charge is 0.483 e. The van der Waals surface area contributed by atoms with Crippen LogP contribution in [0.2, 0.25) is 0 Å². The molecule has 0 saturated heterocycles. The summed E-state index contributed by atoms with van der Waals surface area (Å²) in [4.78, 5) is 28.8. The molecule has 0 spiro atoms. The van der Waals surface area contributed by atoms with E-state index < -0.39 is 6.04 Å². The van der Waals surface area contributed by atoms with E-state index in [2.05, 4.69) is 35.1 Å². The molecule has 0 unspecified atom stereocenters. The summed E-state index contributed by atoms with van der Waals surface area (Å²) in [5.74, 6) is 0.571. The Balaban J connectivity index is 1.92. The summed E-state index contributed by atoms with van der Waals surface area (Å²) in [7, 11) is 0. The minimum Gasteiger partial charge on any atom is -0.483 e. The third-order valence-corrected chi connectivity index (χ3v) is 6.39. The van der Waals surface area contributed by atoms with Gasteiger partial charge in [-0.25, -0.2) is 0 Å². The van der Waals surface area contributed by atoms with Crippen LogP contribution in [0.3, 0.4) is 0 Å². The molecule has 5 nitrogen and oxygen atoms in total. The minimum atomic E-state index is -0.681. The molecule has 3 rings (SSSR count). The first-order valence-corrected chi connectivity index (χ1v) is 13.1. The number of carbonyl (C=O) groups is 2. The summed E-state index contributed by atoms with van der Waals surface area (Å²) in [6.45, 7) is 8.73. The van der Waals surface area contributed by atoms with Gasteiger partial charge >= 0.3 is 0 Å². The molecule has 3 aromatic rings. The Morgan fingerprint density at radius 2 is 1.67 bits per heavy atom. The maximum absolute atomic E-state index is 13.7. The highest BCUT2D eigenvalue weighted by Crippen LogP contribution is 2.21. The lowest BCUT2D eigenvalue weighted by Crippen LogP contribution is -2.52. The van der Waals surface area contributed by atoms with Gasteiger partial charge in [-0.1, -0.05) is 84.4 Å². The van der Waals surface area contributed by atoms with E-state index in [0.717, 1.165) is 26.7 Å². The van der Waals surface area contributed by atoms with E-state index in [1.807, 2.05) is 86.6 Å². The topological polar surface area (TPSA) is 58.6 Å². The van der Waals surface area contributed by atoms with Gasteiger partial charge in [0.2, 0.25) is 5.91 Å². The van der Waals surface area contributed by atoms with Crippen molar-refractivity contribution in [1.29, 1.82) is 0 Å². The fraction of sp³-hybridized carbons (Fsp3) is 0.333. The van der Waals surface area contributed by atoms with Crippen LogP contribution in [0.1, 0.15) is 36.1 Å². The Bertz CT molecular complexity index is 1160. The van der Waals surface area contributed by atoms with Crippen LogP contribution in [0.4, 0.5) is 0 Å². The van der Waals surface area contributed by atoms with Crippen LogP contribution < -0.4 is 10.1 Å². The molecule has 0 heterocycles. The van der Waals surface area contributed by atoms with Crippen molar-refractivity contribution in [3.05, 3.63) is 99.5 Å². The molecule has 0 bridgehead atoms. The molecular formula is C30H35BrN2O3. The summed E-state index contributed by atoms with van der Waals surface area (Å²) in [6, 6.07) is 22.8. The van der Waals surface area contributed by atoms with E-state index in [1.165, 1.54) is 0 Å². The summed E-state index contributed by atoms with van der Waals surface area (Å²) in [5, 5.41) is 3.04. The monoisotopic (exact) mass is 550 g/mol. The van der Waals surface area contributed by atoms with Crippen LogP contribution >= 0.6 is 15.9 Å². The molecule has 0 fully saturated rings. The lowest BCUT2D eigenvalue weighted by atomic mass is 10.0. The van der Waals surface area contributed by atoms with Crippen LogP contribution in [-0.2, 0) is 22.6 Å². The van der Waals surface area contributed by atoms with Gasteiger partial charge in [0.25, 0.3) is 5.91 Å². The van der Waals surface area contributed by atoms with Gasteiger partial charge in [0.05, 0.1) is 0 Å². The summed E-state index contributed by atoms with van der Waals surface area (Å²) in [5.41, 5.74) is 3.94. The Labute approximate surface area is 223 Å². The first kappa shape index (κ1) is 27.5. The molecule has 3 aromatic carbocycles. The number of rotatable bonds is 11. The molecule has 0 aliphatic heterocycles. The number of halogens is 1. The van der Waals surface area contributed by atoms with Crippen molar-refractivity contribution in [3.8, 4) is 5.75 Å². The average molecular weight is 552 g/mol. The second-order valence-corrected chi connectivity index (χ2v) is 10.5. The van der Waals surface area contributed by atoms with Crippen molar-refractivity contribution >= 4 is 27.7 Å². The molecule has 2 amide bonds. The highest BCUT2D eigenvalue weighted by molar-refractivity contribution is 9.10. The Kier molecular flexibility index (Phi) is 10.1. The van der Waals surface area contributed by atoms with Crippen molar-refractivity contribution < 1.29 is 14.3 Å². The third-order valence-electron chi connectivity index (χ3n) is 5.89. The zero-order chi connectivity index (χ0) is 26.1. The van der Waals surface area contributed by atoms with E-state index >= 15 is 0 Å². The van der Waals surface area contributed by atoms with Crippen LogP contribution in [0.5, 0.6) is 5.75 Å². The predicted molar refractivity (Wildman–Crippen MR) is 148 cm³/mol. The normalized spacial score (nSPS) is 11.7. The summed E-state index contributed by atoms with van der Waals surface area (Å²) < 4.78 is 6.89. The maximum Gasteiger partial charge on any atom is 0.261 e. The van der Waals surface area contributed by atoms with E-state index in [0.29, 0.717) is 31.2 Å². The predicted octanol–water partition coefficient (Wildman–Crippen LogP) is 5.86. The first-order valence-electron chi connectivity index (χ1n) is 12.3. The molecule has 6 heteroatoms. The van der Waals surface area contributed by atoms with Crippen LogP contribution in [0.15, 0.2) is 77.3 Å². The maximum atomic E-state index is 13.7. The second-order valence-electron chi connectivity index (χ2n) is 9.55. The molecule has 1 N–H and O–H groups in total. The standard InChI is InChI=1S/C30H35BrN2O3/c1-21(2)18-32-30(35)27(17-24-9-6-5-7-10-24)33(19-25-11-8-12-26(31)16-25)29(34)20-36-28-15-22(3)13-14-23(28)4/h5-16,21,27H,17-20H2,1-4H3,(H,32,35)/t27-/m1/s1. The van der Waals surface area contributed by atoms with E-state index in [1.54, 1.807) is 4.90 Å². The summed E-state index contributed by atoms with van der Waals surface area (Å²) >= 11 is 3.52. The number of nitrogens with zero attached hydrogens (tertiary/aromatic N) is 1. The van der Waals surface area contributed by atoms with E-state index in [-0.39, 0.29) is 18.4 Å². The Hall–Kier alpha value is -3.12. The summed E-state index contributed by atoms with van der Waals surface area (Å²) in [6.07, 6.45) is 0.411. The number of aryl methyl sites for hydroxylation is 2. The molecule has 0 aliphatic carbocycles. The second kappa shape index (κ2) is 13.3. The molecule has 0 radical (unpaired) electrons. The van der Waals surface area contributed by atoms with Gasteiger partial charge in [-0.3, -0.25) is 9.59 Å². The fourth-order valence-corrected chi connectivity index (χ4v) is 4.34. The molecular weight excluding hydrogens is 516 g/mol. The van der Waals surface area contributed by atoms with Gasteiger partial charge in [0.1, 0.15) is 11.8 Å². The lowest BCUT2D eigenvalue weighted by Gasteiger charge is -2.32. The number of carbonyl (C=O) groups excluding carboxylic acids is 2. The Morgan fingerprint density at radius 1 is 0.944 bits per heavy atom. The van der Waals surface area contributed by atoms with Crippen molar-refractivity contribution in [3.63, 3.8) is 0 Å².